The lowest BCUT2D eigenvalue weighted by Crippen LogP contribution is -2.30. The molecule has 1 aromatic heterocycles. The Morgan fingerprint density at radius 3 is 2.33 bits per heavy atom. The van der Waals surface area contributed by atoms with Crippen LogP contribution in [0.15, 0.2) is 30.5 Å². The van der Waals surface area contributed by atoms with Crippen LogP contribution < -0.4 is 9.64 Å². The number of benzene rings is 1. The lowest BCUT2D eigenvalue weighted by atomic mass is 10.1. The smallest absolute Gasteiger partial charge is 0.253 e. The van der Waals surface area contributed by atoms with Crippen LogP contribution in [0.25, 0.3) is 0 Å². The molecule has 1 amide bonds. The Hall–Kier alpha value is -2.56. The van der Waals surface area contributed by atoms with Gasteiger partial charge in [-0.25, -0.2) is 0 Å². The maximum Gasteiger partial charge on any atom is 0.253 e. The van der Waals surface area contributed by atoms with Crippen molar-refractivity contribution in [2.24, 2.45) is 0 Å². The molecule has 0 unspecified atom stereocenters. The maximum absolute atomic E-state index is 12.8. The van der Waals surface area contributed by atoms with Crippen molar-refractivity contribution in [3.8, 4) is 5.75 Å². The Morgan fingerprint density at radius 1 is 1.19 bits per heavy atom. The van der Waals surface area contributed by atoms with Gasteiger partial charge < -0.3 is 14.5 Å². The molecule has 0 aliphatic heterocycles. The van der Waals surface area contributed by atoms with Crippen LogP contribution in [-0.4, -0.2) is 42.5 Å². The Bertz CT molecular complexity index is 785. The highest BCUT2D eigenvalue weighted by atomic mass is 16.5. The molecule has 0 saturated heterocycles. The van der Waals surface area contributed by atoms with Gasteiger partial charge in [0.1, 0.15) is 5.75 Å². The van der Waals surface area contributed by atoms with Crippen LogP contribution in [0.3, 0.4) is 0 Å². The zero-order valence-corrected chi connectivity index (χ0v) is 17.5. The third-order valence-electron chi connectivity index (χ3n) is 4.89. The third kappa shape index (κ3) is 4.59. The predicted molar refractivity (Wildman–Crippen MR) is 111 cm³/mol. The predicted octanol–water partition coefficient (Wildman–Crippen LogP) is 4.21. The maximum atomic E-state index is 12.8. The largest absolute Gasteiger partial charge is 0.496 e. The minimum atomic E-state index is -0.0186. The molecule has 0 fully saturated rings. The zero-order valence-electron chi connectivity index (χ0n) is 17.5. The quantitative estimate of drug-likeness (QED) is 0.733. The Balaban J connectivity index is 2.16. The van der Waals surface area contributed by atoms with Gasteiger partial charge in [0, 0.05) is 48.2 Å². The molecule has 0 saturated carbocycles. The molecule has 27 heavy (non-hydrogen) atoms. The first-order valence-corrected chi connectivity index (χ1v) is 9.41. The van der Waals surface area contributed by atoms with E-state index in [9.17, 15) is 4.79 Å². The van der Waals surface area contributed by atoms with Crippen molar-refractivity contribution >= 4 is 11.6 Å². The van der Waals surface area contributed by atoms with Gasteiger partial charge in [-0.3, -0.25) is 9.78 Å². The topological polar surface area (TPSA) is 45.7 Å². The zero-order chi connectivity index (χ0) is 20.1. The molecular weight excluding hydrogens is 338 g/mol. The number of methoxy groups -OCH3 is 1. The van der Waals surface area contributed by atoms with Crippen molar-refractivity contribution in [2.75, 3.05) is 25.6 Å². The number of aromatic nitrogens is 1. The summed E-state index contributed by atoms with van der Waals surface area (Å²) in [5.41, 5.74) is 4.63. The fraction of sp³-hybridized carbons (Fsp3) is 0.455. The number of anilines is 1. The molecule has 0 spiro atoms. The second-order valence-corrected chi connectivity index (χ2v) is 7.13. The second-order valence-electron chi connectivity index (χ2n) is 7.13. The number of carbonyl (C=O) groups excluding carboxylic acids is 1. The van der Waals surface area contributed by atoms with E-state index in [-0.39, 0.29) is 5.91 Å². The number of hydrogen-bond donors (Lipinski definition) is 0. The molecule has 1 heterocycles. The number of ether oxygens (including phenoxy) is 1. The van der Waals surface area contributed by atoms with Gasteiger partial charge in [0.2, 0.25) is 0 Å². The number of aryl methyl sites for hydroxylation is 1. The minimum absolute atomic E-state index is 0.0186. The van der Waals surface area contributed by atoms with Crippen LogP contribution in [0.4, 0.5) is 5.69 Å². The molecule has 5 nitrogen and oxygen atoms in total. The van der Waals surface area contributed by atoms with E-state index in [4.69, 9.17) is 4.74 Å². The summed E-state index contributed by atoms with van der Waals surface area (Å²) < 4.78 is 5.46. The number of rotatable bonds is 7. The van der Waals surface area contributed by atoms with Gasteiger partial charge in [-0.1, -0.05) is 0 Å². The minimum Gasteiger partial charge on any atom is -0.496 e. The van der Waals surface area contributed by atoms with Crippen LogP contribution in [0.2, 0.25) is 0 Å². The molecule has 5 heteroatoms. The highest BCUT2D eigenvalue weighted by molar-refractivity contribution is 5.94. The highest BCUT2D eigenvalue weighted by Gasteiger charge is 2.17. The van der Waals surface area contributed by atoms with E-state index in [2.05, 4.69) is 30.7 Å². The van der Waals surface area contributed by atoms with E-state index in [0.717, 1.165) is 34.8 Å². The molecule has 0 radical (unpaired) electrons. The van der Waals surface area contributed by atoms with Crippen molar-refractivity contribution in [3.63, 3.8) is 0 Å². The number of nitrogens with zero attached hydrogens (tertiary/aromatic N) is 3. The third-order valence-corrected chi connectivity index (χ3v) is 4.89. The summed E-state index contributed by atoms with van der Waals surface area (Å²) in [6.45, 7) is 11.8. The van der Waals surface area contributed by atoms with Crippen LogP contribution in [0.1, 0.15) is 48.0 Å². The molecule has 0 bridgehead atoms. The van der Waals surface area contributed by atoms with E-state index in [1.165, 1.54) is 0 Å². The van der Waals surface area contributed by atoms with Crippen molar-refractivity contribution < 1.29 is 9.53 Å². The van der Waals surface area contributed by atoms with Crippen LogP contribution in [0.5, 0.6) is 5.75 Å². The number of pyridine rings is 1. The van der Waals surface area contributed by atoms with Crippen LogP contribution >= 0.6 is 0 Å². The van der Waals surface area contributed by atoms with Gasteiger partial charge in [-0.2, -0.15) is 0 Å². The first kappa shape index (κ1) is 20.7. The van der Waals surface area contributed by atoms with E-state index in [1.54, 1.807) is 25.3 Å². The summed E-state index contributed by atoms with van der Waals surface area (Å²) in [7, 11) is 3.46. The van der Waals surface area contributed by atoms with Gasteiger partial charge in [0.25, 0.3) is 5.91 Å². The Kier molecular flexibility index (Phi) is 6.83. The second kappa shape index (κ2) is 8.89. The van der Waals surface area contributed by atoms with Crippen molar-refractivity contribution in [3.05, 3.63) is 52.8 Å². The van der Waals surface area contributed by atoms with Gasteiger partial charge in [0.15, 0.2) is 0 Å². The molecule has 0 atom stereocenters. The summed E-state index contributed by atoms with van der Waals surface area (Å²) in [6, 6.07) is 8.25. The lowest BCUT2D eigenvalue weighted by molar-refractivity contribution is 0.0783. The van der Waals surface area contributed by atoms with Gasteiger partial charge in [-0.15, -0.1) is 0 Å². The van der Waals surface area contributed by atoms with Crippen molar-refractivity contribution in [1.82, 2.24) is 9.88 Å². The Labute approximate surface area is 163 Å². The van der Waals surface area contributed by atoms with Crippen molar-refractivity contribution in [2.45, 2.75) is 47.2 Å². The average molecular weight is 370 g/mol. The first-order chi connectivity index (χ1) is 12.8. The molecule has 2 rings (SSSR count). The summed E-state index contributed by atoms with van der Waals surface area (Å²) >= 11 is 0. The number of amides is 1. The molecule has 0 aliphatic carbocycles. The lowest BCUT2D eigenvalue weighted by Gasteiger charge is -2.27. The molecule has 0 aliphatic rings. The van der Waals surface area contributed by atoms with Gasteiger partial charge in [0.05, 0.1) is 19.3 Å². The van der Waals surface area contributed by atoms with Gasteiger partial charge in [-0.05, 0) is 58.9 Å². The number of carbonyl (C=O) groups is 1. The standard InChI is InChI=1S/C22H31N3O2/c1-8-25(15(2)3)19-11-9-18(10-12-19)22(26)24(6)14-20-17(5)21(27-7)16(4)13-23-20/h9-13,15H,8,14H2,1-7H3. The summed E-state index contributed by atoms with van der Waals surface area (Å²) in [5.74, 6) is 0.813. The molecule has 0 N–H and O–H groups in total. The molecule has 146 valence electrons. The first-order valence-electron chi connectivity index (χ1n) is 9.41. The Morgan fingerprint density at radius 2 is 1.81 bits per heavy atom. The summed E-state index contributed by atoms with van der Waals surface area (Å²) in [6.07, 6.45) is 1.79. The molecule has 2 aromatic rings. The highest BCUT2D eigenvalue weighted by Crippen LogP contribution is 2.25. The SMILES string of the molecule is CCN(c1ccc(C(=O)N(C)Cc2ncc(C)c(OC)c2C)cc1)C(C)C. The van der Waals surface area contributed by atoms with E-state index in [1.807, 2.05) is 38.1 Å². The fourth-order valence-corrected chi connectivity index (χ4v) is 3.39. The normalized spacial score (nSPS) is 10.8. The molecular formula is C22H31N3O2. The monoisotopic (exact) mass is 369 g/mol. The summed E-state index contributed by atoms with van der Waals surface area (Å²) in [4.78, 5) is 21.3. The van der Waals surface area contributed by atoms with E-state index in [0.29, 0.717) is 18.2 Å². The van der Waals surface area contributed by atoms with Crippen molar-refractivity contribution in [1.29, 1.82) is 0 Å². The molecule has 1 aromatic carbocycles. The van der Waals surface area contributed by atoms with Crippen LogP contribution in [-0.2, 0) is 6.54 Å². The van der Waals surface area contributed by atoms with E-state index < -0.39 is 0 Å². The van der Waals surface area contributed by atoms with Crippen LogP contribution in [0, 0.1) is 13.8 Å². The van der Waals surface area contributed by atoms with Gasteiger partial charge >= 0.3 is 0 Å². The number of hydrogen-bond acceptors (Lipinski definition) is 4. The average Bonchev–Trinajstić information content (AvgIpc) is 2.64. The fourth-order valence-electron chi connectivity index (χ4n) is 3.39. The summed E-state index contributed by atoms with van der Waals surface area (Å²) in [5, 5.41) is 0. The van der Waals surface area contributed by atoms with E-state index >= 15 is 0 Å².